The van der Waals surface area contributed by atoms with Crippen molar-refractivity contribution in [1.82, 2.24) is 15.5 Å². The van der Waals surface area contributed by atoms with Gasteiger partial charge in [0.1, 0.15) is 24.4 Å². The van der Waals surface area contributed by atoms with Gasteiger partial charge in [0.25, 0.3) is 0 Å². The second kappa shape index (κ2) is 13.0. The van der Waals surface area contributed by atoms with Crippen LogP contribution in [0.5, 0.6) is 5.88 Å². The summed E-state index contributed by atoms with van der Waals surface area (Å²) in [5.74, 6) is 0.318. The van der Waals surface area contributed by atoms with Crippen molar-refractivity contribution < 1.29 is 34.7 Å². The minimum atomic E-state index is -1.54. The van der Waals surface area contributed by atoms with Gasteiger partial charge in [-0.25, -0.2) is 0 Å². The Hall–Kier alpha value is -2.54. The van der Waals surface area contributed by atoms with Crippen LogP contribution in [0.2, 0.25) is 0 Å². The third kappa shape index (κ3) is 7.52. The molecule has 1 aromatic heterocycles. The van der Waals surface area contributed by atoms with Gasteiger partial charge in [-0.15, -0.1) is 5.10 Å². The zero-order chi connectivity index (χ0) is 28.0. The van der Waals surface area contributed by atoms with Gasteiger partial charge >= 0.3 is 0 Å². The summed E-state index contributed by atoms with van der Waals surface area (Å²) in [6.07, 6.45) is -4.51. The predicted molar refractivity (Wildman–Crippen MR) is 141 cm³/mol. The van der Waals surface area contributed by atoms with E-state index in [4.69, 9.17) is 15.2 Å². The molecule has 1 aromatic carbocycles. The molecule has 2 aromatic rings. The topological polar surface area (TPSA) is 183 Å². The molecule has 5 atom stereocenters. The minimum Gasteiger partial charge on any atom is -0.443 e. The number of aromatic nitrogens is 2. The number of nitrogens with one attached hydrogen (secondary N) is 2. The molecule has 0 spiro atoms. The maximum atomic E-state index is 12.1. The number of nitrogens with zero attached hydrogens (tertiary/aromatic N) is 1. The Kier molecular flexibility index (Phi) is 10.3. The predicted octanol–water partition coefficient (Wildman–Crippen LogP) is 0.479. The standard InChI is InChI=1S/C27H42N4O7/c1-15(2)21-18(25(31-30-21)38-26-24(36)23(35)22(34)19(13-32)37-26)12-17-10-8-16(9-11-17)6-5-7-20(33)29-27(3,4)14-28/h8-11,15,19,22-24,26,32,34-36H,5-7,12-14,28H2,1-4H3,(H,29,33)(H,30,31)/t19-,22+,23+,24-,26+/m1/s1. The highest BCUT2D eigenvalue weighted by Crippen LogP contribution is 2.31. The highest BCUT2D eigenvalue weighted by atomic mass is 16.7. The van der Waals surface area contributed by atoms with Gasteiger partial charge < -0.3 is 41.0 Å². The molecule has 3 rings (SSSR count). The monoisotopic (exact) mass is 534 g/mol. The molecule has 1 fully saturated rings. The molecule has 0 saturated carbocycles. The van der Waals surface area contributed by atoms with E-state index < -0.39 is 42.9 Å². The van der Waals surface area contributed by atoms with E-state index in [1.807, 2.05) is 52.0 Å². The quantitative estimate of drug-likeness (QED) is 0.204. The fraction of sp³-hybridized carbons (Fsp3) is 0.630. The fourth-order valence-electron chi connectivity index (χ4n) is 4.35. The molecule has 1 amide bonds. The zero-order valence-corrected chi connectivity index (χ0v) is 22.6. The Morgan fingerprint density at radius 1 is 1.16 bits per heavy atom. The molecule has 0 radical (unpaired) electrons. The second-order valence-corrected chi connectivity index (χ2v) is 10.9. The first-order valence-corrected chi connectivity index (χ1v) is 13.1. The molecule has 0 aliphatic carbocycles. The highest BCUT2D eigenvalue weighted by Gasteiger charge is 2.45. The van der Waals surface area contributed by atoms with Crippen molar-refractivity contribution in [3.05, 3.63) is 46.6 Å². The van der Waals surface area contributed by atoms with Crippen molar-refractivity contribution in [2.45, 2.75) is 95.5 Å². The van der Waals surface area contributed by atoms with Gasteiger partial charge in [0.2, 0.25) is 18.1 Å². The Bertz CT molecular complexity index is 1040. The molecule has 212 valence electrons. The molecule has 0 unspecified atom stereocenters. The lowest BCUT2D eigenvalue weighted by Crippen LogP contribution is -2.60. The largest absolute Gasteiger partial charge is 0.443 e. The van der Waals surface area contributed by atoms with Crippen LogP contribution in [0, 0.1) is 0 Å². The summed E-state index contributed by atoms with van der Waals surface area (Å²) in [6, 6.07) is 8.10. The van der Waals surface area contributed by atoms with E-state index in [0.717, 1.165) is 35.2 Å². The van der Waals surface area contributed by atoms with Crippen LogP contribution in [-0.4, -0.2) is 85.9 Å². The molecule has 11 nitrogen and oxygen atoms in total. The second-order valence-electron chi connectivity index (χ2n) is 10.9. The first-order chi connectivity index (χ1) is 18.0. The first kappa shape index (κ1) is 30.0. The van der Waals surface area contributed by atoms with E-state index in [1.165, 1.54) is 0 Å². The van der Waals surface area contributed by atoms with Crippen LogP contribution in [0.1, 0.15) is 68.8 Å². The van der Waals surface area contributed by atoms with Crippen LogP contribution < -0.4 is 15.8 Å². The number of aromatic amines is 1. The molecule has 2 heterocycles. The number of hydrogen-bond donors (Lipinski definition) is 7. The summed E-state index contributed by atoms with van der Waals surface area (Å²) in [5.41, 5.74) is 9.04. The Labute approximate surface area is 223 Å². The number of benzene rings is 1. The molecule has 8 N–H and O–H groups in total. The number of aliphatic hydroxyl groups excluding tert-OH is 4. The van der Waals surface area contributed by atoms with E-state index in [2.05, 4.69) is 15.5 Å². The first-order valence-electron chi connectivity index (χ1n) is 13.1. The van der Waals surface area contributed by atoms with E-state index >= 15 is 0 Å². The maximum absolute atomic E-state index is 12.1. The zero-order valence-electron chi connectivity index (χ0n) is 22.6. The van der Waals surface area contributed by atoms with E-state index in [0.29, 0.717) is 19.4 Å². The number of carbonyl (C=O) groups excluding carboxylic acids is 1. The molecule has 1 aliphatic heterocycles. The number of aryl methyl sites for hydroxylation is 1. The van der Waals surface area contributed by atoms with Gasteiger partial charge in [0, 0.05) is 36.2 Å². The summed E-state index contributed by atoms with van der Waals surface area (Å²) in [4.78, 5) is 12.1. The summed E-state index contributed by atoms with van der Waals surface area (Å²) in [6.45, 7) is 7.66. The van der Waals surface area contributed by atoms with Crippen molar-refractivity contribution in [3.8, 4) is 5.88 Å². The van der Waals surface area contributed by atoms with Crippen LogP contribution in [-0.2, 0) is 22.4 Å². The normalized spacial score (nSPS) is 24.0. The van der Waals surface area contributed by atoms with Crippen molar-refractivity contribution in [2.75, 3.05) is 13.2 Å². The number of carbonyl (C=O) groups is 1. The number of hydrogen-bond acceptors (Lipinski definition) is 9. The van der Waals surface area contributed by atoms with Gasteiger partial charge in [-0.05, 0) is 43.7 Å². The SMILES string of the molecule is CC(C)c1[nH]nc(O[C@@H]2O[C@H](CO)[C@H](O)[C@H](O)[C@H]2O)c1Cc1ccc(CCCC(=O)NC(C)(C)CN)cc1. The van der Waals surface area contributed by atoms with Crippen LogP contribution >= 0.6 is 0 Å². The average molecular weight is 535 g/mol. The number of H-pyrrole nitrogens is 1. The summed E-state index contributed by atoms with van der Waals surface area (Å²) in [5, 5.41) is 50.2. The lowest BCUT2D eigenvalue weighted by molar-refractivity contribution is -0.278. The summed E-state index contributed by atoms with van der Waals surface area (Å²) < 4.78 is 11.3. The number of aliphatic hydroxyl groups is 4. The number of rotatable bonds is 12. The maximum Gasteiger partial charge on any atom is 0.238 e. The van der Waals surface area contributed by atoms with Gasteiger partial charge in [0.05, 0.1) is 6.61 Å². The van der Waals surface area contributed by atoms with Gasteiger partial charge in [-0.2, -0.15) is 0 Å². The lowest BCUT2D eigenvalue weighted by atomic mass is 9.97. The molecular weight excluding hydrogens is 492 g/mol. The van der Waals surface area contributed by atoms with E-state index in [-0.39, 0.29) is 17.7 Å². The Morgan fingerprint density at radius 3 is 2.42 bits per heavy atom. The fourth-order valence-corrected chi connectivity index (χ4v) is 4.35. The number of ether oxygens (including phenoxy) is 2. The van der Waals surface area contributed by atoms with Crippen molar-refractivity contribution in [2.24, 2.45) is 5.73 Å². The highest BCUT2D eigenvalue weighted by molar-refractivity contribution is 5.76. The summed E-state index contributed by atoms with van der Waals surface area (Å²) in [7, 11) is 0. The molecule has 1 aliphatic rings. The van der Waals surface area contributed by atoms with Gasteiger partial charge in [-0.3, -0.25) is 9.89 Å². The van der Waals surface area contributed by atoms with Crippen molar-refractivity contribution in [3.63, 3.8) is 0 Å². The van der Waals surface area contributed by atoms with Crippen LogP contribution in [0.15, 0.2) is 24.3 Å². The Balaban J connectivity index is 1.65. The third-order valence-electron chi connectivity index (χ3n) is 6.78. The lowest BCUT2D eigenvalue weighted by Gasteiger charge is -2.39. The van der Waals surface area contributed by atoms with E-state index in [9.17, 15) is 25.2 Å². The molecule has 11 heteroatoms. The minimum absolute atomic E-state index is 0.00910. The number of nitrogens with two attached hydrogens (primary N) is 1. The van der Waals surface area contributed by atoms with Crippen LogP contribution in [0.25, 0.3) is 0 Å². The molecule has 0 bridgehead atoms. The van der Waals surface area contributed by atoms with E-state index in [1.54, 1.807) is 0 Å². The smallest absolute Gasteiger partial charge is 0.238 e. The Morgan fingerprint density at radius 2 is 1.82 bits per heavy atom. The third-order valence-corrected chi connectivity index (χ3v) is 6.78. The van der Waals surface area contributed by atoms with Gasteiger partial charge in [-0.1, -0.05) is 38.1 Å². The van der Waals surface area contributed by atoms with Crippen molar-refractivity contribution >= 4 is 5.91 Å². The van der Waals surface area contributed by atoms with Gasteiger partial charge in [0.15, 0.2) is 0 Å². The van der Waals surface area contributed by atoms with Crippen LogP contribution in [0.3, 0.4) is 0 Å². The average Bonchev–Trinajstić information content (AvgIpc) is 3.27. The molecular formula is C27H42N4O7. The number of amides is 1. The summed E-state index contributed by atoms with van der Waals surface area (Å²) >= 11 is 0. The van der Waals surface area contributed by atoms with Crippen LogP contribution in [0.4, 0.5) is 0 Å². The molecule has 38 heavy (non-hydrogen) atoms. The van der Waals surface area contributed by atoms with Crippen molar-refractivity contribution in [1.29, 1.82) is 0 Å². The molecule has 1 saturated heterocycles.